The highest BCUT2D eigenvalue weighted by Gasteiger charge is 2.27. The Morgan fingerprint density at radius 2 is 1.77 bits per heavy atom. The van der Waals surface area contributed by atoms with Gasteiger partial charge in [-0.1, -0.05) is 87.6 Å². The molecule has 3 rings (SSSR count). The van der Waals surface area contributed by atoms with Gasteiger partial charge in [-0.25, -0.2) is 0 Å². The minimum atomic E-state index is 0.0914. The predicted molar refractivity (Wildman–Crippen MR) is 132 cm³/mol. The van der Waals surface area contributed by atoms with E-state index in [2.05, 4.69) is 82.5 Å². The Morgan fingerprint density at radius 3 is 2.40 bits per heavy atom. The molecule has 1 atom stereocenters. The lowest BCUT2D eigenvalue weighted by atomic mass is 9.83. The van der Waals surface area contributed by atoms with Crippen LogP contribution in [0.5, 0.6) is 0 Å². The monoisotopic (exact) mass is 404 g/mol. The van der Waals surface area contributed by atoms with Gasteiger partial charge >= 0.3 is 0 Å². The molecule has 1 fully saturated rings. The van der Waals surface area contributed by atoms with Crippen molar-refractivity contribution in [3.05, 3.63) is 64.7 Å². The van der Waals surface area contributed by atoms with Crippen LogP contribution in [0, 0.1) is 6.92 Å². The van der Waals surface area contributed by atoms with Gasteiger partial charge in [0.1, 0.15) is 0 Å². The molecule has 0 saturated heterocycles. The van der Waals surface area contributed by atoms with Gasteiger partial charge in [-0.3, -0.25) is 4.99 Å². The summed E-state index contributed by atoms with van der Waals surface area (Å²) in [6.45, 7) is 9.14. The Labute approximate surface area is 184 Å². The van der Waals surface area contributed by atoms with Crippen molar-refractivity contribution in [3.8, 4) is 0 Å². The molecule has 0 aromatic heterocycles. The van der Waals surface area contributed by atoms with Gasteiger partial charge in [0.25, 0.3) is 0 Å². The number of anilines is 1. The zero-order chi connectivity index (χ0) is 21.6. The maximum absolute atomic E-state index is 5.44. The van der Waals surface area contributed by atoms with Crippen LogP contribution in [0.2, 0.25) is 0 Å². The Kier molecular flexibility index (Phi) is 7.75. The van der Waals surface area contributed by atoms with Gasteiger partial charge in [-0.2, -0.15) is 0 Å². The molecule has 0 unspecified atom stereocenters. The van der Waals surface area contributed by atoms with Crippen molar-refractivity contribution in [2.45, 2.75) is 90.5 Å². The number of aryl methyl sites for hydroxylation is 2. The molecule has 1 N–H and O–H groups in total. The van der Waals surface area contributed by atoms with E-state index < -0.39 is 0 Å². The van der Waals surface area contributed by atoms with Crippen molar-refractivity contribution in [1.29, 1.82) is 0 Å². The first kappa shape index (κ1) is 22.6. The molecule has 1 aliphatic carbocycles. The molecule has 0 radical (unpaired) electrons. The average molecular weight is 405 g/mol. The SMILES string of the molecule is CCCc1cccc([C@@H](C)C/C(=N\C2(C)CCCCC2)c2ccc(C)cc2)c1NC. The van der Waals surface area contributed by atoms with Crippen LogP contribution in [0.4, 0.5) is 5.69 Å². The minimum absolute atomic E-state index is 0.0914. The van der Waals surface area contributed by atoms with E-state index in [9.17, 15) is 0 Å². The normalized spacial score (nSPS) is 17.6. The van der Waals surface area contributed by atoms with Gasteiger partial charge in [0.15, 0.2) is 0 Å². The maximum atomic E-state index is 5.44. The molecule has 0 aliphatic heterocycles. The number of hydrogen-bond donors (Lipinski definition) is 1. The van der Waals surface area contributed by atoms with Crippen LogP contribution < -0.4 is 5.32 Å². The lowest BCUT2D eigenvalue weighted by molar-refractivity contribution is 0.324. The number of aliphatic imine (C=N–C) groups is 1. The van der Waals surface area contributed by atoms with Crippen LogP contribution >= 0.6 is 0 Å². The van der Waals surface area contributed by atoms with E-state index in [4.69, 9.17) is 4.99 Å². The molecular weight excluding hydrogens is 364 g/mol. The molecule has 30 heavy (non-hydrogen) atoms. The lowest BCUT2D eigenvalue weighted by Gasteiger charge is -2.31. The molecule has 0 amide bonds. The summed E-state index contributed by atoms with van der Waals surface area (Å²) in [6, 6.07) is 15.8. The first-order valence-corrected chi connectivity index (χ1v) is 11.9. The second-order valence-electron chi connectivity index (χ2n) is 9.47. The fraction of sp³-hybridized carbons (Fsp3) is 0.536. The number of para-hydroxylation sites is 1. The molecule has 0 heterocycles. The van der Waals surface area contributed by atoms with Crippen molar-refractivity contribution in [3.63, 3.8) is 0 Å². The second-order valence-corrected chi connectivity index (χ2v) is 9.47. The maximum Gasteiger partial charge on any atom is 0.0583 e. The van der Waals surface area contributed by atoms with E-state index >= 15 is 0 Å². The van der Waals surface area contributed by atoms with Gasteiger partial charge in [-0.15, -0.1) is 0 Å². The molecule has 2 nitrogen and oxygen atoms in total. The molecule has 1 saturated carbocycles. The van der Waals surface area contributed by atoms with E-state index in [0.717, 1.165) is 12.8 Å². The topological polar surface area (TPSA) is 24.4 Å². The molecular formula is C28H40N2. The van der Waals surface area contributed by atoms with E-state index in [0.29, 0.717) is 5.92 Å². The summed E-state index contributed by atoms with van der Waals surface area (Å²) < 4.78 is 0. The van der Waals surface area contributed by atoms with Crippen molar-refractivity contribution >= 4 is 11.4 Å². The highest BCUT2D eigenvalue weighted by atomic mass is 14.9. The third kappa shape index (κ3) is 5.53. The Hall–Kier alpha value is -2.09. The summed E-state index contributed by atoms with van der Waals surface area (Å²) in [5.41, 5.74) is 8.12. The minimum Gasteiger partial charge on any atom is -0.388 e. The van der Waals surface area contributed by atoms with Gasteiger partial charge in [0.2, 0.25) is 0 Å². The zero-order valence-corrected chi connectivity index (χ0v) is 19.7. The zero-order valence-electron chi connectivity index (χ0n) is 19.7. The number of benzene rings is 2. The average Bonchev–Trinajstić information content (AvgIpc) is 2.74. The van der Waals surface area contributed by atoms with Crippen LogP contribution in [-0.4, -0.2) is 18.3 Å². The lowest BCUT2D eigenvalue weighted by Crippen LogP contribution is -2.27. The largest absolute Gasteiger partial charge is 0.388 e. The Morgan fingerprint density at radius 1 is 1.07 bits per heavy atom. The molecule has 0 bridgehead atoms. The van der Waals surface area contributed by atoms with Gasteiger partial charge in [-0.05, 0) is 62.1 Å². The molecule has 162 valence electrons. The van der Waals surface area contributed by atoms with Gasteiger partial charge in [0, 0.05) is 18.4 Å². The third-order valence-electron chi connectivity index (χ3n) is 6.70. The van der Waals surface area contributed by atoms with Crippen molar-refractivity contribution in [1.82, 2.24) is 0 Å². The van der Waals surface area contributed by atoms with Gasteiger partial charge < -0.3 is 5.32 Å². The van der Waals surface area contributed by atoms with Gasteiger partial charge in [0.05, 0.1) is 5.54 Å². The smallest absolute Gasteiger partial charge is 0.0583 e. The first-order chi connectivity index (χ1) is 14.5. The fourth-order valence-corrected chi connectivity index (χ4v) is 4.94. The third-order valence-corrected chi connectivity index (χ3v) is 6.70. The van der Waals surface area contributed by atoms with Crippen LogP contribution in [0.1, 0.15) is 93.9 Å². The predicted octanol–water partition coefficient (Wildman–Crippen LogP) is 7.69. The van der Waals surface area contributed by atoms with Crippen molar-refractivity contribution in [2.75, 3.05) is 12.4 Å². The molecule has 0 spiro atoms. The number of nitrogens with zero attached hydrogens (tertiary/aromatic N) is 1. The first-order valence-electron chi connectivity index (χ1n) is 11.9. The summed E-state index contributed by atoms with van der Waals surface area (Å²) in [6.07, 6.45) is 9.66. The summed E-state index contributed by atoms with van der Waals surface area (Å²) in [7, 11) is 2.06. The van der Waals surface area contributed by atoms with Crippen LogP contribution in [0.25, 0.3) is 0 Å². The summed E-state index contributed by atoms with van der Waals surface area (Å²) in [4.78, 5) is 5.44. The van der Waals surface area contributed by atoms with E-state index in [1.165, 1.54) is 72.2 Å². The summed E-state index contributed by atoms with van der Waals surface area (Å²) >= 11 is 0. The Balaban J connectivity index is 1.95. The van der Waals surface area contributed by atoms with E-state index in [1.54, 1.807) is 0 Å². The number of nitrogens with one attached hydrogen (secondary N) is 1. The number of rotatable bonds is 8. The molecule has 2 heteroatoms. The molecule has 1 aliphatic rings. The summed E-state index contributed by atoms with van der Waals surface area (Å²) in [5.74, 6) is 0.413. The van der Waals surface area contributed by atoms with Crippen LogP contribution in [-0.2, 0) is 6.42 Å². The van der Waals surface area contributed by atoms with Crippen molar-refractivity contribution < 1.29 is 0 Å². The highest BCUT2D eigenvalue weighted by molar-refractivity contribution is 6.01. The second kappa shape index (κ2) is 10.3. The van der Waals surface area contributed by atoms with Crippen LogP contribution in [0.15, 0.2) is 47.5 Å². The quantitative estimate of drug-likeness (QED) is 0.448. The van der Waals surface area contributed by atoms with Crippen molar-refractivity contribution in [2.24, 2.45) is 4.99 Å². The van der Waals surface area contributed by atoms with Crippen LogP contribution in [0.3, 0.4) is 0 Å². The molecule has 2 aromatic carbocycles. The fourth-order valence-electron chi connectivity index (χ4n) is 4.94. The molecule has 2 aromatic rings. The standard InChI is InChI=1S/C28H40N2/c1-6-11-24-12-10-13-25(27(24)29-5)22(3)20-26(23-16-14-21(2)15-17-23)30-28(4)18-8-7-9-19-28/h10,12-17,22,29H,6-9,11,18-20H2,1-5H3/b30-26+/t22-/m0/s1. The number of hydrogen-bond acceptors (Lipinski definition) is 2. The van der Waals surface area contributed by atoms with E-state index in [1.807, 2.05) is 0 Å². The highest BCUT2D eigenvalue weighted by Crippen LogP contribution is 2.35. The Bertz CT molecular complexity index is 841. The van der Waals surface area contributed by atoms with E-state index in [-0.39, 0.29) is 5.54 Å². The summed E-state index contributed by atoms with van der Waals surface area (Å²) in [5, 5.41) is 3.50.